The van der Waals surface area contributed by atoms with Crippen LogP contribution in [0.5, 0.6) is 0 Å². The van der Waals surface area contributed by atoms with Gasteiger partial charge >= 0.3 is 12.1 Å². The number of nitro groups is 1. The molecule has 4 N–H and O–H groups in total. The number of nitrogens with one attached hydrogen (secondary N) is 4. The lowest BCUT2D eigenvalue weighted by molar-refractivity contribution is -0.383. The average Bonchev–Trinajstić information content (AvgIpc) is 2.71. The summed E-state index contributed by atoms with van der Waals surface area (Å²) in [6.45, 7) is 3.85. The van der Waals surface area contributed by atoms with Gasteiger partial charge in [0.1, 0.15) is 5.69 Å². The summed E-state index contributed by atoms with van der Waals surface area (Å²) in [5.74, 6) is 0. The molecule has 9 heteroatoms. The van der Waals surface area contributed by atoms with Gasteiger partial charge in [-0.25, -0.2) is 9.59 Å². The Morgan fingerprint density at radius 1 is 0.677 bits per heavy atom. The Kier molecular flexibility index (Phi) is 6.46. The van der Waals surface area contributed by atoms with Gasteiger partial charge in [-0.15, -0.1) is 0 Å². The van der Waals surface area contributed by atoms with E-state index < -0.39 is 17.0 Å². The van der Waals surface area contributed by atoms with Gasteiger partial charge in [0.15, 0.2) is 0 Å². The number of benzene rings is 3. The highest BCUT2D eigenvalue weighted by atomic mass is 16.6. The minimum atomic E-state index is -0.645. The standard InChI is InChI=1S/C22H21N5O4/c1-14-3-7-16(8-4-14)23-21(28)25-18-11-12-20(27(30)31)19(13-18)26-22(29)24-17-9-5-15(2)6-10-17/h3-13H,1-2H3,(H2,23,25,28)(H2,24,26,29). The van der Waals surface area contributed by atoms with E-state index in [1.165, 1.54) is 18.2 Å². The summed E-state index contributed by atoms with van der Waals surface area (Å²) in [4.78, 5) is 35.3. The molecule has 0 aromatic heterocycles. The first-order chi connectivity index (χ1) is 14.8. The third-order valence-corrected chi connectivity index (χ3v) is 4.32. The van der Waals surface area contributed by atoms with E-state index in [4.69, 9.17) is 0 Å². The van der Waals surface area contributed by atoms with E-state index in [2.05, 4.69) is 21.3 Å². The van der Waals surface area contributed by atoms with Gasteiger partial charge in [0, 0.05) is 23.1 Å². The molecule has 0 aliphatic rings. The van der Waals surface area contributed by atoms with E-state index >= 15 is 0 Å². The van der Waals surface area contributed by atoms with E-state index in [-0.39, 0.29) is 17.1 Å². The van der Waals surface area contributed by atoms with Crippen molar-refractivity contribution in [3.8, 4) is 0 Å². The molecule has 0 radical (unpaired) electrons. The van der Waals surface area contributed by atoms with Crippen molar-refractivity contribution >= 4 is 40.5 Å². The number of amides is 4. The van der Waals surface area contributed by atoms with Gasteiger partial charge in [0.05, 0.1) is 4.92 Å². The van der Waals surface area contributed by atoms with Gasteiger partial charge in [0.2, 0.25) is 0 Å². The van der Waals surface area contributed by atoms with Crippen LogP contribution in [0, 0.1) is 24.0 Å². The van der Waals surface area contributed by atoms with Crippen molar-refractivity contribution in [2.75, 3.05) is 21.3 Å². The molecule has 0 saturated heterocycles. The monoisotopic (exact) mass is 419 g/mol. The highest BCUT2D eigenvalue weighted by Crippen LogP contribution is 2.28. The summed E-state index contributed by atoms with van der Waals surface area (Å²) < 4.78 is 0. The minimum absolute atomic E-state index is 0.0530. The number of nitrogens with zero attached hydrogens (tertiary/aromatic N) is 1. The van der Waals surface area contributed by atoms with Crippen molar-refractivity contribution in [3.05, 3.63) is 88.0 Å². The van der Waals surface area contributed by atoms with Crippen molar-refractivity contribution in [2.24, 2.45) is 0 Å². The molecule has 0 atom stereocenters. The molecule has 0 spiro atoms. The number of hydrogen-bond acceptors (Lipinski definition) is 4. The maximum Gasteiger partial charge on any atom is 0.323 e. The number of urea groups is 2. The summed E-state index contributed by atoms with van der Waals surface area (Å²) in [5, 5.41) is 21.7. The molecule has 4 amide bonds. The van der Waals surface area contributed by atoms with Gasteiger partial charge in [-0.05, 0) is 50.2 Å². The molecule has 3 rings (SSSR count). The first kappa shape index (κ1) is 21.3. The molecule has 0 aliphatic carbocycles. The molecule has 3 aromatic carbocycles. The van der Waals surface area contributed by atoms with E-state index in [9.17, 15) is 19.7 Å². The summed E-state index contributed by atoms with van der Waals surface area (Å²) in [7, 11) is 0. The molecular formula is C22H21N5O4. The van der Waals surface area contributed by atoms with Crippen LogP contribution in [0.4, 0.5) is 38.0 Å². The molecule has 0 heterocycles. The van der Waals surface area contributed by atoms with Gasteiger partial charge in [0.25, 0.3) is 5.69 Å². The normalized spacial score (nSPS) is 10.1. The Bertz CT molecular complexity index is 1110. The van der Waals surface area contributed by atoms with Crippen LogP contribution < -0.4 is 21.3 Å². The molecule has 0 aliphatic heterocycles. The average molecular weight is 419 g/mol. The summed E-state index contributed by atoms with van der Waals surface area (Å²) >= 11 is 0. The van der Waals surface area contributed by atoms with Crippen molar-refractivity contribution in [1.29, 1.82) is 0 Å². The lowest BCUT2D eigenvalue weighted by Crippen LogP contribution is -2.21. The Morgan fingerprint density at radius 3 is 1.58 bits per heavy atom. The number of aryl methyl sites for hydroxylation is 2. The minimum Gasteiger partial charge on any atom is -0.308 e. The molecule has 0 bridgehead atoms. The predicted octanol–water partition coefficient (Wildman–Crippen LogP) is 5.50. The fraction of sp³-hybridized carbons (Fsp3) is 0.0909. The largest absolute Gasteiger partial charge is 0.323 e. The zero-order valence-corrected chi connectivity index (χ0v) is 16.9. The first-order valence-corrected chi connectivity index (χ1v) is 9.38. The second-order valence-corrected chi connectivity index (χ2v) is 6.88. The summed E-state index contributed by atoms with van der Waals surface area (Å²) in [5.41, 5.74) is 3.15. The number of nitro benzene ring substituents is 1. The topological polar surface area (TPSA) is 125 Å². The van der Waals surface area contributed by atoms with Crippen LogP contribution >= 0.6 is 0 Å². The van der Waals surface area contributed by atoms with Crippen LogP contribution in [0.2, 0.25) is 0 Å². The van der Waals surface area contributed by atoms with Crippen LogP contribution in [0.1, 0.15) is 11.1 Å². The predicted molar refractivity (Wildman–Crippen MR) is 121 cm³/mol. The quantitative estimate of drug-likeness (QED) is 0.322. The maximum absolute atomic E-state index is 12.3. The molecule has 158 valence electrons. The van der Waals surface area contributed by atoms with E-state index in [1.807, 2.05) is 38.1 Å². The fourth-order valence-corrected chi connectivity index (χ4v) is 2.73. The molecule has 9 nitrogen and oxygen atoms in total. The summed E-state index contributed by atoms with van der Waals surface area (Å²) in [6, 6.07) is 17.1. The third kappa shape index (κ3) is 6.04. The fourth-order valence-electron chi connectivity index (χ4n) is 2.73. The smallest absolute Gasteiger partial charge is 0.308 e. The lowest BCUT2D eigenvalue weighted by Gasteiger charge is -2.11. The second kappa shape index (κ2) is 9.40. The van der Waals surface area contributed by atoms with Gasteiger partial charge in [-0.3, -0.25) is 10.1 Å². The van der Waals surface area contributed by atoms with Crippen LogP contribution in [-0.4, -0.2) is 17.0 Å². The molecule has 3 aromatic rings. The van der Waals surface area contributed by atoms with Crippen molar-refractivity contribution in [1.82, 2.24) is 0 Å². The van der Waals surface area contributed by atoms with Crippen molar-refractivity contribution < 1.29 is 14.5 Å². The summed E-state index contributed by atoms with van der Waals surface area (Å²) in [6.07, 6.45) is 0. The van der Waals surface area contributed by atoms with Crippen LogP contribution in [0.3, 0.4) is 0 Å². The molecular weight excluding hydrogens is 398 g/mol. The maximum atomic E-state index is 12.3. The number of hydrogen-bond donors (Lipinski definition) is 4. The highest BCUT2D eigenvalue weighted by molar-refractivity contribution is 6.03. The van der Waals surface area contributed by atoms with Gasteiger partial charge in [-0.2, -0.15) is 0 Å². The second-order valence-electron chi connectivity index (χ2n) is 6.88. The Morgan fingerprint density at radius 2 is 1.10 bits per heavy atom. The van der Waals surface area contributed by atoms with Gasteiger partial charge < -0.3 is 21.3 Å². The Labute approximate surface area is 178 Å². The number of carbonyl (C=O) groups excluding carboxylic acids is 2. The lowest BCUT2D eigenvalue weighted by atomic mass is 10.2. The van der Waals surface area contributed by atoms with Crippen molar-refractivity contribution in [3.63, 3.8) is 0 Å². The Balaban J connectivity index is 1.71. The third-order valence-electron chi connectivity index (χ3n) is 4.32. The van der Waals surface area contributed by atoms with Crippen LogP contribution in [0.15, 0.2) is 66.7 Å². The molecule has 0 saturated carbocycles. The SMILES string of the molecule is Cc1ccc(NC(=O)Nc2ccc([N+](=O)[O-])c(NC(=O)Nc3ccc(C)cc3)c2)cc1. The van der Waals surface area contributed by atoms with E-state index in [0.29, 0.717) is 11.4 Å². The van der Waals surface area contributed by atoms with Crippen LogP contribution in [0.25, 0.3) is 0 Å². The van der Waals surface area contributed by atoms with Crippen LogP contribution in [-0.2, 0) is 0 Å². The zero-order valence-electron chi connectivity index (χ0n) is 16.9. The molecule has 0 unspecified atom stereocenters. The highest BCUT2D eigenvalue weighted by Gasteiger charge is 2.17. The van der Waals surface area contributed by atoms with Crippen molar-refractivity contribution in [2.45, 2.75) is 13.8 Å². The Hall–Kier alpha value is -4.40. The van der Waals surface area contributed by atoms with E-state index in [1.54, 1.807) is 24.3 Å². The zero-order chi connectivity index (χ0) is 22.4. The number of anilines is 4. The molecule has 31 heavy (non-hydrogen) atoms. The number of carbonyl (C=O) groups is 2. The van der Waals surface area contributed by atoms with E-state index in [0.717, 1.165) is 11.1 Å². The number of rotatable bonds is 5. The molecule has 0 fully saturated rings. The van der Waals surface area contributed by atoms with Gasteiger partial charge in [-0.1, -0.05) is 35.4 Å². The first-order valence-electron chi connectivity index (χ1n) is 9.38.